The molecule has 0 amide bonds. The molecule has 0 spiro atoms. The van der Waals surface area contributed by atoms with Crippen LogP contribution in [0.25, 0.3) is 0 Å². The molecule has 2 aromatic rings. The Hall–Kier alpha value is -2.34. The van der Waals surface area contributed by atoms with Crippen LogP contribution in [0.3, 0.4) is 0 Å². The maximum atomic E-state index is 5.45. The summed E-state index contributed by atoms with van der Waals surface area (Å²) in [4.78, 5) is 11.2. The van der Waals surface area contributed by atoms with Gasteiger partial charge in [0.15, 0.2) is 0 Å². The predicted molar refractivity (Wildman–Crippen MR) is 91.4 cm³/mol. The molecule has 1 aromatic heterocycles. The van der Waals surface area contributed by atoms with Crippen LogP contribution in [0.2, 0.25) is 0 Å². The molecule has 1 saturated carbocycles. The molecule has 2 fully saturated rings. The first-order valence-electron chi connectivity index (χ1n) is 8.17. The molecule has 2 heterocycles. The summed E-state index contributed by atoms with van der Waals surface area (Å²) in [5.74, 6) is 1.50. The third kappa shape index (κ3) is 3.53. The molecule has 0 bridgehead atoms. The number of nitrogens with zero attached hydrogens (tertiary/aromatic N) is 3. The van der Waals surface area contributed by atoms with Crippen LogP contribution >= 0.6 is 0 Å². The van der Waals surface area contributed by atoms with Crippen molar-refractivity contribution in [1.82, 2.24) is 9.97 Å². The molecule has 1 aliphatic carbocycles. The number of hydrogen-bond acceptors (Lipinski definition) is 6. The van der Waals surface area contributed by atoms with Crippen molar-refractivity contribution in [3.05, 3.63) is 36.5 Å². The Labute approximate surface area is 135 Å². The third-order valence-corrected chi connectivity index (χ3v) is 4.08. The van der Waals surface area contributed by atoms with Crippen molar-refractivity contribution < 1.29 is 4.74 Å². The van der Waals surface area contributed by atoms with Gasteiger partial charge in [-0.3, -0.25) is 0 Å². The van der Waals surface area contributed by atoms with Gasteiger partial charge in [0.25, 0.3) is 0 Å². The molecule has 6 heteroatoms. The van der Waals surface area contributed by atoms with E-state index >= 15 is 0 Å². The van der Waals surface area contributed by atoms with Gasteiger partial charge >= 0.3 is 0 Å². The van der Waals surface area contributed by atoms with Crippen molar-refractivity contribution in [2.45, 2.75) is 18.9 Å². The molecule has 0 unspecified atom stereocenters. The molecule has 1 aromatic carbocycles. The average molecular weight is 311 g/mol. The second kappa shape index (κ2) is 6.42. The molecule has 1 saturated heterocycles. The molecule has 1 aliphatic heterocycles. The Morgan fingerprint density at radius 1 is 1.09 bits per heavy atom. The zero-order chi connectivity index (χ0) is 15.5. The average Bonchev–Trinajstić information content (AvgIpc) is 3.41. The molecule has 4 rings (SSSR count). The number of para-hydroxylation sites is 2. The van der Waals surface area contributed by atoms with Gasteiger partial charge < -0.3 is 20.3 Å². The topological polar surface area (TPSA) is 62.3 Å². The molecule has 0 radical (unpaired) electrons. The summed E-state index contributed by atoms with van der Waals surface area (Å²) in [5.41, 5.74) is 2.25. The first kappa shape index (κ1) is 14.3. The van der Waals surface area contributed by atoms with Crippen LogP contribution in [-0.4, -0.2) is 42.3 Å². The van der Waals surface area contributed by atoms with E-state index in [9.17, 15) is 0 Å². The Morgan fingerprint density at radius 2 is 1.91 bits per heavy atom. The summed E-state index contributed by atoms with van der Waals surface area (Å²) in [6, 6.07) is 10.8. The number of ether oxygens (including phenoxy) is 1. The summed E-state index contributed by atoms with van der Waals surface area (Å²) in [6.07, 6.45) is 4.21. The van der Waals surface area contributed by atoms with Crippen LogP contribution in [-0.2, 0) is 4.74 Å². The molecule has 6 nitrogen and oxygen atoms in total. The number of morpholine rings is 1. The van der Waals surface area contributed by atoms with Crippen molar-refractivity contribution in [2.24, 2.45) is 0 Å². The van der Waals surface area contributed by atoms with Crippen LogP contribution in [0, 0.1) is 0 Å². The minimum atomic E-state index is 0.547. The molecule has 2 aliphatic rings. The number of anilines is 4. The van der Waals surface area contributed by atoms with Crippen LogP contribution in [0.4, 0.5) is 23.1 Å². The minimum absolute atomic E-state index is 0.547. The maximum Gasteiger partial charge on any atom is 0.224 e. The lowest BCUT2D eigenvalue weighted by molar-refractivity contribution is 0.123. The maximum absolute atomic E-state index is 5.45. The molecule has 2 N–H and O–H groups in total. The highest BCUT2D eigenvalue weighted by Gasteiger charge is 2.22. The van der Waals surface area contributed by atoms with Gasteiger partial charge in [0, 0.05) is 25.3 Å². The van der Waals surface area contributed by atoms with E-state index in [1.54, 1.807) is 6.20 Å². The largest absolute Gasteiger partial charge is 0.378 e. The molecular formula is C17H21N5O. The van der Waals surface area contributed by atoms with Crippen molar-refractivity contribution in [3.63, 3.8) is 0 Å². The Balaban J connectivity index is 1.53. The summed E-state index contributed by atoms with van der Waals surface area (Å²) >= 11 is 0. The van der Waals surface area contributed by atoms with Gasteiger partial charge in [-0.15, -0.1) is 0 Å². The van der Waals surface area contributed by atoms with Crippen molar-refractivity contribution >= 4 is 23.1 Å². The fraction of sp³-hybridized carbons (Fsp3) is 0.412. The fourth-order valence-electron chi connectivity index (χ4n) is 2.71. The summed E-state index contributed by atoms with van der Waals surface area (Å²) in [6.45, 7) is 3.38. The Bertz CT molecular complexity index is 668. The molecule has 23 heavy (non-hydrogen) atoms. The number of benzene rings is 1. The minimum Gasteiger partial charge on any atom is -0.378 e. The van der Waals surface area contributed by atoms with Crippen molar-refractivity contribution in [1.29, 1.82) is 0 Å². The Kier molecular flexibility index (Phi) is 3.98. The van der Waals surface area contributed by atoms with Gasteiger partial charge in [0.05, 0.1) is 24.6 Å². The van der Waals surface area contributed by atoms with Gasteiger partial charge in [0.1, 0.15) is 5.82 Å². The van der Waals surface area contributed by atoms with Gasteiger partial charge in [0.2, 0.25) is 5.95 Å². The molecular weight excluding hydrogens is 290 g/mol. The van der Waals surface area contributed by atoms with Gasteiger partial charge in [-0.05, 0) is 31.0 Å². The van der Waals surface area contributed by atoms with E-state index < -0.39 is 0 Å². The van der Waals surface area contributed by atoms with E-state index in [1.807, 2.05) is 12.1 Å². The van der Waals surface area contributed by atoms with Crippen LogP contribution in [0.1, 0.15) is 12.8 Å². The van der Waals surface area contributed by atoms with Gasteiger partial charge in [-0.1, -0.05) is 12.1 Å². The fourth-order valence-corrected chi connectivity index (χ4v) is 2.71. The van der Waals surface area contributed by atoms with E-state index in [0.29, 0.717) is 12.0 Å². The van der Waals surface area contributed by atoms with Crippen LogP contribution < -0.4 is 15.5 Å². The van der Waals surface area contributed by atoms with E-state index in [2.05, 4.69) is 43.7 Å². The standard InChI is InChI=1S/C17H21N5O/c1-2-4-15(22-9-11-23-12-10-22)14(3-1)20-16-7-8-18-17(21-16)19-13-5-6-13/h1-4,7-8,13H,5-6,9-12H2,(H2,18,19,20,21). The first-order chi connectivity index (χ1) is 11.4. The van der Waals surface area contributed by atoms with Gasteiger partial charge in [-0.25, -0.2) is 4.98 Å². The zero-order valence-electron chi connectivity index (χ0n) is 13.0. The molecule has 120 valence electrons. The monoisotopic (exact) mass is 311 g/mol. The second-order valence-corrected chi connectivity index (χ2v) is 5.93. The summed E-state index contributed by atoms with van der Waals surface area (Å²) in [5, 5.41) is 6.76. The number of hydrogen-bond donors (Lipinski definition) is 2. The highest BCUT2D eigenvalue weighted by atomic mass is 16.5. The van der Waals surface area contributed by atoms with E-state index in [4.69, 9.17) is 4.74 Å². The SMILES string of the molecule is c1ccc(N2CCOCC2)c(Nc2ccnc(NC3CC3)n2)c1. The molecule has 0 atom stereocenters. The van der Waals surface area contributed by atoms with E-state index in [1.165, 1.54) is 18.5 Å². The van der Waals surface area contributed by atoms with E-state index in [-0.39, 0.29) is 0 Å². The summed E-state index contributed by atoms with van der Waals surface area (Å²) < 4.78 is 5.45. The zero-order valence-corrected chi connectivity index (χ0v) is 13.0. The normalized spacial score (nSPS) is 17.8. The second-order valence-electron chi connectivity index (χ2n) is 5.93. The number of nitrogens with one attached hydrogen (secondary N) is 2. The highest BCUT2D eigenvalue weighted by Crippen LogP contribution is 2.29. The number of rotatable bonds is 5. The lowest BCUT2D eigenvalue weighted by Crippen LogP contribution is -2.36. The predicted octanol–water partition coefficient (Wildman–Crippen LogP) is 2.63. The summed E-state index contributed by atoms with van der Waals surface area (Å²) in [7, 11) is 0. The first-order valence-corrected chi connectivity index (χ1v) is 8.17. The number of aromatic nitrogens is 2. The van der Waals surface area contributed by atoms with Crippen molar-refractivity contribution in [2.75, 3.05) is 41.8 Å². The van der Waals surface area contributed by atoms with Crippen LogP contribution in [0.5, 0.6) is 0 Å². The third-order valence-electron chi connectivity index (χ3n) is 4.08. The highest BCUT2D eigenvalue weighted by molar-refractivity contribution is 5.74. The lowest BCUT2D eigenvalue weighted by Gasteiger charge is -2.30. The van der Waals surface area contributed by atoms with Crippen molar-refractivity contribution in [3.8, 4) is 0 Å². The smallest absolute Gasteiger partial charge is 0.224 e. The van der Waals surface area contributed by atoms with E-state index in [0.717, 1.165) is 37.8 Å². The van der Waals surface area contributed by atoms with Gasteiger partial charge in [-0.2, -0.15) is 4.98 Å². The lowest BCUT2D eigenvalue weighted by atomic mass is 10.2. The Morgan fingerprint density at radius 3 is 2.74 bits per heavy atom. The van der Waals surface area contributed by atoms with Crippen LogP contribution in [0.15, 0.2) is 36.5 Å². The quantitative estimate of drug-likeness (QED) is 0.885.